The number of aryl methyl sites for hydroxylation is 1. The number of nitrogens with one attached hydrogen (secondary N) is 1. The highest BCUT2D eigenvalue weighted by Crippen LogP contribution is 2.23. The maximum atomic E-state index is 12.1. The first-order valence-electron chi connectivity index (χ1n) is 7.06. The number of amides is 1. The van der Waals surface area contributed by atoms with Crippen molar-refractivity contribution < 1.29 is 9.59 Å². The van der Waals surface area contributed by atoms with Crippen molar-refractivity contribution in [2.75, 3.05) is 11.1 Å². The van der Waals surface area contributed by atoms with Gasteiger partial charge in [0.05, 0.1) is 5.75 Å². The van der Waals surface area contributed by atoms with Crippen molar-refractivity contribution in [1.29, 1.82) is 0 Å². The molecule has 1 heterocycles. The minimum atomic E-state index is -0.00345. The number of thiazole rings is 1. The van der Waals surface area contributed by atoms with Crippen LogP contribution >= 0.6 is 23.1 Å². The molecule has 22 heavy (non-hydrogen) atoms. The number of anilines is 1. The minimum absolute atomic E-state index is 0.00345. The number of carbonyl (C=O) groups is 2. The van der Waals surface area contributed by atoms with Gasteiger partial charge in [0.25, 0.3) is 0 Å². The van der Waals surface area contributed by atoms with Crippen molar-refractivity contribution in [1.82, 2.24) is 4.98 Å². The SMILES string of the molecule is CCCC(=O)Nc1ccc(C(=O)CSc2nc(C)cs2)cc1. The van der Waals surface area contributed by atoms with Gasteiger partial charge < -0.3 is 5.32 Å². The normalized spacial score (nSPS) is 10.5. The molecule has 0 unspecified atom stereocenters. The van der Waals surface area contributed by atoms with Crippen molar-refractivity contribution >= 4 is 40.5 Å². The highest BCUT2D eigenvalue weighted by molar-refractivity contribution is 8.01. The monoisotopic (exact) mass is 334 g/mol. The smallest absolute Gasteiger partial charge is 0.224 e. The molecule has 1 N–H and O–H groups in total. The van der Waals surface area contributed by atoms with Crippen LogP contribution in [-0.2, 0) is 4.79 Å². The zero-order valence-corrected chi connectivity index (χ0v) is 14.2. The van der Waals surface area contributed by atoms with Crippen molar-refractivity contribution in [3.05, 3.63) is 40.9 Å². The van der Waals surface area contributed by atoms with Crippen LogP contribution in [0.1, 0.15) is 35.8 Å². The summed E-state index contributed by atoms with van der Waals surface area (Å²) in [6.45, 7) is 3.90. The lowest BCUT2D eigenvalue weighted by Gasteiger charge is -2.05. The molecule has 2 rings (SSSR count). The predicted octanol–water partition coefficient (Wildman–Crippen LogP) is 4.17. The van der Waals surface area contributed by atoms with Gasteiger partial charge in [-0.25, -0.2) is 4.98 Å². The molecule has 1 amide bonds. The molecule has 1 aromatic heterocycles. The highest BCUT2D eigenvalue weighted by Gasteiger charge is 2.09. The Morgan fingerprint density at radius 1 is 1.27 bits per heavy atom. The van der Waals surface area contributed by atoms with Crippen LogP contribution in [0.4, 0.5) is 5.69 Å². The van der Waals surface area contributed by atoms with E-state index in [4.69, 9.17) is 0 Å². The fourth-order valence-corrected chi connectivity index (χ4v) is 3.54. The van der Waals surface area contributed by atoms with Gasteiger partial charge in [-0.2, -0.15) is 0 Å². The fraction of sp³-hybridized carbons (Fsp3) is 0.312. The molecular weight excluding hydrogens is 316 g/mol. The molecule has 116 valence electrons. The van der Waals surface area contributed by atoms with Crippen LogP contribution < -0.4 is 5.32 Å². The van der Waals surface area contributed by atoms with Crippen molar-refractivity contribution in [2.45, 2.75) is 31.0 Å². The number of ketones is 1. The average Bonchev–Trinajstić information content (AvgIpc) is 2.91. The van der Waals surface area contributed by atoms with E-state index in [0.717, 1.165) is 22.1 Å². The van der Waals surface area contributed by atoms with Gasteiger partial charge in [-0.1, -0.05) is 18.7 Å². The molecule has 0 saturated carbocycles. The third-order valence-electron chi connectivity index (χ3n) is 2.89. The number of benzene rings is 1. The molecule has 0 saturated heterocycles. The van der Waals surface area contributed by atoms with E-state index in [2.05, 4.69) is 10.3 Å². The van der Waals surface area contributed by atoms with Crippen LogP contribution in [0, 0.1) is 6.92 Å². The van der Waals surface area contributed by atoms with Gasteiger partial charge in [-0.15, -0.1) is 11.3 Å². The van der Waals surface area contributed by atoms with Crippen LogP contribution in [0.15, 0.2) is 34.0 Å². The Morgan fingerprint density at radius 2 is 2.00 bits per heavy atom. The standard InChI is InChI=1S/C16H18N2O2S2/c1-3-4-15(20)18-13-7-5-12(6-8-13)14(19)10-22-16-17-11(2)9-21-16/h5-9H,3-4,10H2,1-2H3,(H,18,20). The van der Waals surface area contributed by atoms with Gasteiger partial charge in [0.15, 0.2) is 10.1 Å². The van der Waals surface area contributed by atoms with Crippen LogP contribution in [0.3, 0.4) is 0 Å². The topological polar surface area (TPSA) is 59.1 Å². The first-order valence-corrected chi connectivity index (χ1v) is 8.93. The summed E-state index contributed by atoms with van der Waals surface area (Å²) in [4.78, 5) is 28.0. The molecular formula is C16H18N2O2S2. The Bertz CT molecular complexity index is 650. The maximum Gasteiger partial charge on any atom is 0.224 e. The molecule has 2 aromatic rings. The molecule has 0 radical (unpaired) electrons. The summed E-state index contributed by atoms with van der Waals surface area (Å²) in [5, 5.41) is 4.78. The highest BCUT2D eigenvalue weighted by atomic mass is 32.2. The fourth-order valence-electron chi connectivity index (χ4n) is 1.80. The predicted molar refractivity (Wildman–Crippen MR) is 91.9 cm³/mol. The lowest BCUT2D eigenvalue weighted by atomic mass is 10.1. The second-order valence-corrected chi connectivity index (χ2v) is 6.92. The van der Waals surface area contributed by atoms with Gasteiger partial charge in [0, 0.05) is 28.7 Å². The number of rotatable bonds is 7. The quantitative estimate of drug-likeness (QED) is 0.610. The van der Waals surface area contributed by atoms with Crippen molar-refractivity contribution in [3.63, 3.8) is 0 Å². The van der Waals surface area contributed by atoms with E-state index in [0.29, 0.717) is 17.7 Å². The number of nitrogens with zero attached hydrogens (tertiary/aromatic N) is 1. The molecule has 0 atom stereocenters. The van der Waals surface area contributed by atoms with Crippen molar-refractivity contribution in [3.8, 4) is 0 Å². The number of aromatic nitrogens is 1. The summed E-state index contributed by atoms with van der Waals surface area (Å²) in [6, 6.07) is 7.02. The molecule has 0 spiro atoms. The van der Waals surface area contributed by atoms with E-state index < -0.39 is 0 Å². The van der Waals surface area contributed by atoms with E-state index in [1.807, 2.05) is 19.2 Å². The van der Waals surface area contributed by atoms with E-state index >= 15 is 0 Å². The molecule has 4 nitrogen and oxygen atoms in total. The Hall–Kier alpha value is -1.66. The van der Waals surface area contributed by atoms with Gasteiger partial charge in [-0.3, -0.25) is 9.59 Å². The third-order valence-corrected chi connectivity index (χ3v) is 5.03. The molecule has 6 heteroatoms. The molecule has 0 aliphatic heterocycles. The van der Waals surface area contributed by atoms with E-state index in [1.54, 1.807) is 35.6 Å². The van der Waals surface area contributed by atoms with Crippen molar-refractivity contribution in [2.24, 2.45) is 0 Å². The molecule has 0 aliphatic rings. The third kappa shape index (κ3) is 4.96. The molecule has 0 fully saturated rings. The number of hydrogen-bond donors (Lipinski definition) is 1. The number of Topliss-reactive ketones (excluding diaryl/α,β-unsaturated/α-hetero) is 1. The molecule has 0 bridgehead atoms. The van der Waals surface area contributed by atoms with Gasteiger partial charge in [0.1, 0.15) is 0 Å². The zero-order valence-electron chi connectivity index (χ0n) is 12.6. The summed E-state index contributed by atoms with van der Waals surface area (Å²) < 4.78 is 0.911. The van der Waals surface area contributed by atoms with E-state index in [9.17, 15) is 9.59 Å². The average molecular weight is 334 g/mol. The number of thioether (sulfide) groups is 1. The van der Waals surface area contributed by atoms with Crippen LogP contribution in [0.25, 0.3) is 0 Å². The Morgan fingerprint density at radius 3 is 2.59 bits per heavy atom. The lowest BCUT2D eigenvalue weighted by molar-refractivity contribution is -0.116. The summed E-state index contributed by atoms with van der Waals surface area (Å²) in [5.74, 6) is 0.426. The largest absolute Gasteiger partial charge is 0.326 e. The molecule has 1 aromatic carbocycles. The first kappa shape index (κ1) is 16.7. The Balaban J connectivity index is 1.89. The van der Waals surface area contributed by atoms with Crippen LogP contribution in [-0.4, -0.2) is 22.4 Å². The molecule has 0 aliphatic carbocycles. The second kappa shape index (κ2) is 8.10. The number of hydrogen-bond acceptors (Lipinski definition) is 5. The van der Waals surface area contributed by atoms with E-state index in [-0.39, 0.29) is 11.7 Å². The van der Waals surface area contributed by atoms with Crippen LogP contribution in [0.5, 0.6) is 0 Å². The Kier molecular flexibility index (Phi) is 6.15. The summed E-state index contributed by atoms with van der Waals surface area (Å²) in [6.07, 6.45) is 1.32. The summed E-state index contributed by atoms with van der Waals surface area (Å²) in [7, 11) is 0. The second-order valence-electron chi connectivity index (χ2n) is 4.84. The number of carbonyl (C=O) groups excluding carboxylic acids is 2. The minimum Gasteiger partial charge on any atom is -0.326 e. The van der Waals surface area contributed by atoms with E-state index in [1.165, 1.54) is 11.8 Å². The lowest BCUT2D eigenvalue weighted by Crippen LogP contribution is -2.10. The van der Waals surface area contributed by atoms with Gasteiger partial charge >= 0.3 is 0 Å². The summed E-state index contributed by atoms with van der Waals surface area (Å²) >= 11 is 3.01. The van der Waals surface area contributed by atoms with Gasteiger partial charge in [-0.05, 0) is 37.6 Å². The summed E-state index contributed by atoms with van der Waals surface area (Å²) in [5.41, 5.74) is 2.35. The Labute approximate surface area is 138 Å². The van der Waals surface area contributed by atoms with Crippen LogP contribution in [0.2, 0.25) is 0 Å². The van der Waals surface area contributed by atoms with Gasteiger partial charge in [0.2, 0.25) is 5.91 Å². The first-order chi connectivity index (χ1) is 10.6. The zero-order chi connectivity index (χ0) is 15.9. The maximum absolute atomic E-state index is 12.1.